The van der Waals surface area contributed by atoms with Crippen LogP contribution in [-0.2, 0) is 9.59 Å². The van der Waals surface area contributed by atoms with E-state index >= 15 is 0 Å². The Kier molecular flexibility index (Phi) is 8.57. The number of hydrogen-bond donors (Lipinski definition) is 4. The van der Waals surface area contributed by atoms with Crippen molar-refractivity contribution in [3.05, 3.63) is 28.2 Å². The average Bonchev–Trinajstić information content (AvgIpc) is 2.51. The SMILES string of the molecule is CN=C(NCCC(=O)Nc1ccc(Br)cc1C)NCC(=O)NC(C)(C)C. The highest BCUT2D eigenvalue weighted by molar-refractivity contribution is 9.10. The fourth-order valence-corrected chi connectivity index (χ4v) is 2.60. The lowest BCUT2D eigenvalue weighted by Gasteiger charge is -2.21. The monoisotopic (exact) mass is 425 g/mol. The third-order valence-electron chi connectivity index (χ3n) is 3.26. The fraction of sp³-hybridized carbons (Fsp3) is 0.500. The molecule has 0 aromatic heterocycles. The first kappa shape index (κ1) is 22.0. The van der Waals surface area contributed by atoms with Gasteiger partial charge >= 0.3 is 0 Å². The number of aryl methyl sites for hydroxylation is 1. The summed E-state index contributed by atoms with van der Waals surface area (Å²) in [5.74, 6) is 0.259. The summed E-state index contributed by atoms with van der Waals surface area (Å²) in [4.78, 5) is 27.9. The van der Waals surface area contributed by atoms with Crippen LogP contribution in [0.1, 0.15) is 32.8 Å². The highest BCUT2D eigenvalue weighted by atomic mass is 79.9. The van der Waals surface area contributed by atoms with Crippen LogP contribution in [-0.4, -0.2) is 43.5 Å². The van der Waals surface area contributed by atoms with E-state index in [2.05, 4.69) is 42.2 Å². The standard InChI is InChI=1S/C18H28BrN5O2/c1-12-10-13(19)6-7-14(12)23-15(25)8-9-21-17(20-5)22-11-16(26)24-18(2,3)4/h6-7,10H,8-9,11H2,1-5H3,(H,23,25)(H,24,26)(H2,20,21,22). The molecule has 26 heavy (non-hydrogen) atoms. The molecule has 0 bridgehead atoms. The van der Waals surface area contributed by atoms with Gasteiger partial charge in [0.05, 0.1) is 6.54 Å². The van der Waals surface area contributed by atoms with Gasteiger partial charge in [0.2, 0.25) is 11.8 Å². The Balaban J connectivity index is 2.35. The molecule has 0 saturated heterocycles. The van der Waals surface area contributed by atoms with Crippen molar-refractivity contribution in [2.24, 2.45) is 4.99 Å². The van der Waals surface area contributed by atoms with Crippen molar-refractivity contribution >= 4 is 39.4 Å². The second-order valence-corrected chi connectivity index (χ2v) is 7.82. The van der Waals surface area contributed by atoms with Gasteiger partial charge in [-0.05, 0) is 51.5 Å². The summed E-state index contributed by atoms with van der Waals surface area (Å²) in [6, 6.07) is 5.69. The highest BCUT2D eigenvalue weighted by Gasteiger charge is 2.13. The molecule has 0 aliphatic heterocycles. The van der Waals surface area contributed by atoms with Crippen LogP contribution in [0.3, 0.4) is 0 Å². The van der Waals surface area contributed by atoms with E-state index in [9.17, 15) is 9.59 Å². The minimum atomic E-state index is -0.279. The number of rotatable bonds is 6. The van der Waals surface area contributed by atoms with Gasteiger partial charge in [0.1, 0.15) is 0 Å². The van der Waals surface area contributed by atoms with Crippen molar-refractivity contribution in [1.82, 2.24) is 16.0 Å². The van der Waals surface area contributed by atoms with Crippen molar-refractivity contribution in [1.29, 1.82) is 0 Å². The van der Waals surface area contributed by atoms with E-state index in [1.54, 1.807) is 7.05 Å². The average molecular weight is 426 g/mol. The highest BCUT2D eigenvalue weighted by Crippen LogP contribution is 2.19. The third kappa shape index (κ3) is 8.84. The Bertz CT molecular complexity index is 668. The van der Waals surface area contributed by atoms with Gasteiger partial charge in [-0.1, -0.05) is 15.9 Å². The van der Waals surface area contributed by atoms with Gasteiger partial charge in [-0.3, -0.25) is 14.6 Å². The maximum atomic E-state index is 12.1. The van der Waals surface area contributed by atoms with Crippen molar-refractivity contribution in [3.63, 3.8) is 0 Å². The van der Waals surface area contributed by atoms with Crippen LogP contribution in [0.4, 0.5) is 5.69 Å². The molecule has 0 spiro atoms. The first-order valence-corrected chi connectivity index (χ1v) is 9.21. The van der Waals surface area contributed by atoms with E-state index in [0.717, 1.165) is 15.7 Å². The van der Waals surface area contributed by atoms with Crippen LogP contribution in [0.5, 0.6) is 0 Å². The lowest BCUT2D eigenvalue weighted by Crippen LogP contribution is -2.48. The smallest absolute Gasteiger partial charge is 0.239 e. The number of carbonyl (C=O) groups excluding carboxylic acids is 2. The summed E-state index contributed by atoms with van der Waals surface area (Å²) in [7, 11) is 1.61. The number of aliphatic imine (C=N–C) groups is 1. The van der Waals surface area contributed by atoms with Crippen LogP contribution in [0.15, 0.2) is 27.7 Å². The van der Waals surface area contributed by atoms with Crippen molar-refractivity contribution in [3.8, 4) is 0 Å². The third-order valence-corrected chi connectivity index (χ3v) is 3.75. The lowest BCUT2D eigenvalue weighted by atomic mass is 10.1. The van der Waals surface area contributed by atoms with Crippen LogP contribution in [0, 0.1) is 6.92 Å². The van der Waals surface area contributed by atoms with Crippen LogP contribution in [0.2, 0.25) is 0 Å². The zero-order chi connectivity index (χ0) is 19.7. The fourth-order valence-electron chi connectivity index (χ4n) is 2.12. The van der Waals surface area contributed by atoms with Crippen LogP contribution in [0.25, 0.3) is 0 Å². The first-order chi connectivity index (χ1) is 12.1. The number of hydrogen-bond acceptors (Lipinski definition) is 3. The molecule has 4 N–H and O–H groups in total. The molecule has 0 radical (unpaired) electrons. The lowest BCUT2D eigenvalue weighted by molar-refractivity contribution is -0.121. The number of amides is 2. The van der Waals surface area contributed by atoms with Crippen molar-refractivity contribution in [2.75, 3.05) is 25.5 Å². The number of nitrogens with one attached hydrogen (secondary N) is 4. The first-order valence-electron chi connectivity index (χ1n) is 8.42. The Morgan fingerprint density at radius 2 is 1.85 bits per heavy atom. The van der Waals surface area contributed by atoms with Crippen LogP contribution < -0.4 is 21.3 Å². The van der Waals surface area contributed by atoms with Crippen molar-refractivity contribution < 1.29 is 9.59 Å². The number of carbonyl (C=O) groups is 2. The number of nitrogens with zero attached hydrogens (tertiary/aromatic N) is 1. The molecule has 0 saturated carbocycles. The molecule has 0 fully saturated rings. The van der Waals surface area contributed by atoms with E-state index < -0.39 is 0 Å². The molecule has 1 aromatic carbocycles. The molecule has 0 heterocycles. The molecular weight excluding hydrogens is 398 g/mol. The number of benzene rings is 1. The minimum absolute atomic E-state index is 0.0937. The van der Waals surface area contributed by atoms with E-state index in [1.807, 2.05) is 45.9 Å². The molecule has 2 amide bonds. The number of anilines is 1. The summed E-state index contributed by atoms with van der Waals surface area (Å²) >= 11 is 3.40. The molecular formula is C18H28BrN5O2. The Morgan fingerprint density at radius 3 is 2.42 bits per heavy atom. The summed E-state index contributed by atoms with van der Waals surface area (Å²) in [6.07, 6.45) is 0.282. The Hall–Kier alpha value is -2.09. The summed E-state index contributed by atoms with van der Waals surface area (Å²) < 4.78 is 0.972. The van der Waals surface area contributed by atoms with Gasteiger partial charge in [0, 0.05) is 35.7 Å². The van der Waals surface area contributed by atoms with E-state index in [-0.39, 0.29) is 30.3 Å². The Labute approximate surface area is 163 Å². The summed E-state index contributed by atoms with van der Waals surface area (Å²) in [6.45, 7) is 8.22. The topological polar surface area (TPSA) is 94.6 Å². The molecule has 0 aliphatic rings. The molecule has 0 aliphatic carbocycles. The second kappa shape index (κ2) is 10.2. The largest absolute Gasteiger partial charge is 0.356 e. The zero-order valence-electron chi connectivity index (χ0n) is 16.0. The molecule has 8 heteroatoms. The quantitative estimate of drug-likeness (QED) is 0.414. The predicted octanol–water partition coefficient (Wildman–Crippen LogP) is 2.17. The van der Waals surface area contributed by atoms with Gasteiger partial charge in [-0.2, -0.15) is 0 Å². The normalized spacial score (nSPS) is 11.7. The zero-order valence-corrected chi connectivity index (χ0v) is 17.6. The second-order valence-electron chi connectivity index (χ2n) is 6.91. The maximum Gasteiger partial charge on any atom is 0.239 e. The summed E-state index contributed by atoms with van der Waals surface area (Å²) in [5.41, 5.74) is 1.50. The molecule has 0 atom stereocenters. The van der Waals surface area contributed by atoms with E-state index in [1.165, 1.54) is 0 Å². The number of halogens is 1. The summed E-state index contributed by atoms with van der Waals surface area (Å²) in [5, 5.41) is 11.7. The van der Waals surface area contributed by atoms with Gasteiger partial charge in [-0.25, -0.2) is 0 Å². The van der Waals surface area contributed by atoms with Gasteiger partial charge in [-0.15, -0.1) is 0 Å². The van der Waals surface area contributed by atoms with Gasteiger partial charge in [0.15, 0.2) is 5.96 Å². The Morgan fingerprint density at radius 1 is 1.15 bits per heavy atom. The van der Waals surface area contributed by atoms with Gasteiger partial charge in [0.25, 0.3) is 0 Å². The van der Waals surface area contributed by atoms with Crippen LogP contribution >= 0.6 is 15.9 Å². The molecule has 144 valence electrons. The molecule has 1 rings (SSSR count). The predicted molar refractivity (Wildman–Crippen MR) is 109 cm³/mol. The molecule has 7 nitrogen and oxygen atoms in total. The van der Waals surface area contributed by atoms with Crippen molar-refractivity contribution in [2.45, 2.75) is 39.7 Å². The molecule has 0 unspecified atom stereocenters. The van der Waals surface area contributed by atoms with Gasteiger partial charge < -0.3 is 21.3 Å². The number of guanidine groups is 1. The van der Waals surface area contributed by atoms with E-state index in [4.69, 9.17) is 0 Å². The minimum Gasteiger partial charge on any atom is -0.356 e. The van der Waals surface area contributed by atoms with E-state index in [0.29, 0.717) is 12.5 Å². The molecule has 1 aromatic rings. The maximum absolute atomic E-state index is 12.1.